The van der Waals surface area contributed by atoms with Gasteiger partial charge < -0.3 is 25.3 Å². The molecule has 2 aliphatic rings. The lowest BCUT2D eigenvalue weighted by atomic mass is 9.88. The number of fused-ring (bicyclic) bond motifs is 1. The number of nitrogens with one attached hydrogen (secondary N) is 2. The smallest absolute Gasteiger partial charge is 0.321 e. The van der Waals surface area contributed by atoms with E-state index in [1.165, 1.54) is 12.1 Å². The Balaban J connectivity index is 1.51. The number of hydrazine groups is 1. The van der Waals surface area contributed by atoms with E-state index in [2.05, 4.69) is 17.7 Å². The molecule has 12 heteroatoms. The van der Waals surface area contributed by atoms with Gasteiger partial charge in [0, 0.05) is 37.3 Å². The molecule has 1 aromatic carbocycles. The highest BCUT2D eigenvalue weighted by Gasteiger charge is 2.45. The third kappa shape index (κ3) is 8.65. The number of rotatable bonds is 15. The van der Waals surface area contributed by atoms with E-state index in [0.29, 0.717) is 38.8 Å². The van der Waals surface area contributed by atoms with E-state index >= 15 is 0 Å². The SMILES string of the molecule is CCOCC(/C=C/c1ccc2ccc(CC)nc2c1)(COC)C(=O)OC(C(=O)NC(C)C(=O)N1CCCC(C(N)=O)N1)C1CC1. The molecule has 4 N–H and O–H groups in total. The van der Waals surface area contributed by atoms with Gasteiger partial charge in [0.25, 0.3) is 11.8 Å². The van der Waals surface area contributed by atoms with Crippen LogP contribution in [0.2, 0.25) is 0 Å². The monoisotopic (exact) mass is 623 g/mol. The number of nitrogens with zero attached hydrogens (tertiary/aromatic N) is 2. The van der Waals surface area contributed by atoms with Gasteiger partial charge in [0.1, 0.15) is 17.5 Å². The van der Waals surface area contributed by atoms with Gasteiger partial charge in [-0.1, -0.05) is 37.3 Å². The molecule has 1 saturated carbocycles. The molecule has 1 saturated heterocycles. The van der Waals surface area contributed by atoms with E-state index in [1.807, 2.05) is 43.3 Å². The maximum absolute atomic E-state index is 13.9. The lowest BCUT2D eigenvalue weighted by Gasteiger charge is -2.34. The largest absolute Gasteiger partial charge is 0.451 e. The first-order valence-corrected chi connectivity index (χ1v) is 15.6. The number of nitrogens with two attached hydrogens (primary N) is 1. The number of hydrogen-bond acceptors (Lipinski definition) is 9. The Hall–Kier alpha value is -3.87. The number of hydrogen-bond donors (Lipinski definition) is 3. The van der Waals surface area contributed by atoms with Crippen LogP contribution in [0.25, 0.3) is 17.0 Å². The summed E-state index contributed by atoms with van der Waals surface area (Å²) in [5.74, 6) is -2.35. The van der Waals surface area contributed by atoms with Crippen molar-refractivity contribution in [2.75, 3.05) is 33.5 Å². The van der Waals surface area contributed by atoms with Crippen LogP contribution in [0.1, 0.15) is 57.7 Å². The number of esters is 1. The molecule has 2 heterocycles. The van der Waals surface area contributed by atoms with E-state index in [4.69, 9.17) is 24.9 Å². The highest BCUT2D eigenvalue weighted by atomic mass is 16.6. The molecule has 4 rings (SSSR count). The number of pyridine rings is 1. The van der Waals surface area contributed by atoms with Gasteiger partial charge in [-0.2, -0.15) is 0 Å². The number of aromatic nitrogens is 1. The number of carbonyl (C=O) groups is 4. The van der Waals surface area contributed by atoms with Gasteiger partial charge in [0.2, 0.25) is 5.91 Å². The van der Waals surface area contributed by atoms with Gasteiger partial charge in [0.15, 0.2) is 6.10 Å². The number of carbonyl (C=O) groups excluding carboxylic acids is 4. The maximum Gasteiger partial charge on any atom is 0.321 e. The Morgan fingerprint density at radius 2 is 1.91 bits per heavy atom. The standard InChI is InChI=1S/C33H45N5O7/c1-5-25-14-13-23-10-9-22(18-27(23)36-25)15-16-33(19-43-4,20-44-6-2)32(42)45-28(24-11-12-24)30(40)35-21(3)31(41)38-17-7-8-26(37-38)29(34)39/h9-10,13-16,18,21,24,26,28,37H,5-8,11-12,17,19-20H2,1-4H3,(H2,34,39)(H,35,40)/b16-15+. The van der Waals surface area contributed by atoms with Gasteiger partial charge in [-0.15, -0.1) is 0 Å². The van der Waals surface area contributed by atoms with Crippen molar-refractivity contribution in [1.29, 1.82) is 0 Å². The number of ether oxygens (including phenoxy) is 3. The zero-order valence-electron chi connectivity index (χ0n) is 26.5. The van der Waals surface area contributed by atoms with Gasteiger partial charge in [0.05, 0.1) is 18.7 Å². The molecular weight excluding hydrogens is 578 g/mol. The van der Waals surface area contributed by atoms with Crippen LogP contribution in [0.5, 0.6) is 0 Å². The fourth-order valence-electron chi connectivity index (χ4n) is 5.34. The van der Waals surface area contributed by atoms with Crippen LogP contribution in [0, 0.1) is 11.3 Å². The van der Waals surface area contributed by atoms with Crippen molar-refractivity contribution in [3.05, 3.63) is 47.7 Å². The van der Waals surface area contributed by atoms with Gasteiger partial charge in [-0.25, -0.2) is 5.43 Å². The molecule has 1 aliphatic carbocycles. The molecule has 4 atom stereocenters. The average molecular weight is 624 g/mol. The topological polar surface area (TPSA) is 162 Å². The Kier molecular flexibility index (Phi) is 11.7. The molecule has 4 unspecified atom stereocenters. The maximum atomic E-state index is 13.9. The van der Waals surface area contributed by atoms with Crippen molar-refractivity contribution in [1.82, 2.24) is 20.7 Å². The molecule has 3 amide bonds. The Morgan fingerprint density at radius 1 is 1.16 bits per heavy atom. The average Bonchev–Trinajstić information content (AvgIpc) is 3.89. The summed E-state index contributed by atoms with van der Waals surface area (Å²) in [5, 5.41) is 5.03. The lowest BCUT2D eigenvalue weighted by molar-refractivity contribution is -0.170. The summed E-state index contributed by atoms with van der Waals surface area (Å²) in [6.07, 6.45) is 5.80. The van der Waals surface area contributed by atoms with Crippen molar-refractivity contribution in [3.63, 3.8) is 0 Å². The molecule has 2 aromatic rings. The Labute approximate surface area is 264 Å². The number of aryl methyl sites for hydroxylation is 1. The fraction of sp³-hybridized carbons (Fsp3) is 0.545. The number of methoxy groups -OCH3 is 1. The number of amides is 3. The molecule has 0 spiro atoms. The normalized spacial score (nSPS) is 19.6. The van der Waals surface area contributed by atoms with Crippen LogP contribution in [0.4, 0.5) is 0 Å². The summed E-state index contributed by atoms with van der Waals surface area (Å²) in [5.41, 5.74) is 9.57. The molecule has 12 nitrogen and oxygen atoms in total. The highest BCUT2D eigenvalue weighted by molar-refractivity contribution is 5.92. The zero-order valence-corrected chi connectivity index (χ0v) is 26.5. The minimum atomic E-state index is -1.34. The van der Waals surface area contributed by atoms with Crippen molar-refractivity contribution in [2.24, 2.45) is 17.1 Å². The van der Waals surface area contributed by atoms with E-state index < -0.39 is 47.3 Å². The molecule has 0 bridgehead atoms. The van der Waals surface area contributed by atoms with Gasteiger partial charge >= 0.3 is 5.97 Å². The van der Waals surface area contributed by atoms with E-state index in [1.54, 1.807) is 13.0 Å². The Bertz CT molecular complexity index is 1410. The summed E-state index contributed by atoms with van der Waals surface area (Å²) in [6, 6.07) is 8.33. The van der Waals surface area contributed by atoms with Crippen molar-refractivity contribution >= 4 is 40.7 Å². The third-order valence-corrected chi connectivity index (χ3v) is 8.17. The van der Waals surface area contributed by atoms with Crippen molar-refractivity contribution < 1.29 is 33.4 Å². The first-order chi connectivity index (χ1) is 21.6. The predicted molar refractivity (Wildman–Crippen MR) is 168 cm³/mol. The van der Waals surface area contributed by atoms with Crippen LogP contribution < -0.4 is 16.5 Å². The second-order valence-corrected chi connectivity index (χ2v) is 11.8. The van der Waals surface area contributed by atoms with Crippen LogP contribution in [0.15, 0.2) is 36.4 Å². The van der Waals surface area contributed by atoms with E-state index in [0.717, 1.165) is 28.6 Å². The summed E-state index contributed by atoms with van der Waals surface area (Å²) in [6.45, 7) is 6.11. The van der Waals surface area contributed by atoms with Crippen LogP contribution in [-0.2, 0) is 39.8 Å². The fourth-order valence-corrected chi connectivity index (χ4v) is 5.34. The number of primary amides is 1. The van der Waals surface area contributed by atoms with Crippen LogP contribution in [-0.4, -0.2) is 85.3 Å². The van der Waals surface area contributed by atoms with Crippen LogP contribution in [0.3, 0.4) is 0 Å². The first-order valence-electron chi connectivity index (χ1n) is 15.6. The second-order valence-electron chi connectivity index (χ2n) is 11.8. The molecule has 244 valence electrons. The summed E-state index contributed by atoms with van der Waals surface area (Å²) < 4.78 is 17.2. The highest BCUT2D eigenvalue weighted by Crippen LogP contribution is 2.36. The molecule has 2 fully saturated rings. The molecular formula is C33H45N5O7. The van der Waals surface area contributed by atoms with E-state index in [9.17, 15) is 19.2 Å². The summed E-state index contributed by atoms with van der Waals surface area (Å²) >= 11 is 0. The van der Waals surface area contributed by atoms with Gasteiger partial charge in [-0.3, -0.25) is 29.2 Å². The molecule has 45 heavy (non-hydrogen) atoms. The van der Waals surface area contributed by atoms with E-state index in [-0.39, 0.29) is 19.1 Å². The Morgan fingerprint density at radius 3 is 2.58 bits per heavy atom. The second kappa shape index (κ2) is 15.4. The van der Waals surface area contributed by atoms with Crippen LogP contribution >= 0.6 is 0 Å². The van der Waals surface area contributed by atoms with Crippen molar-refractivity contribution in [2.45, 2.75) is 71.1 Å². The minimum Gasteiger partial charge on any atom is -0.451 e. The molecule has 0 radical (unpaired) electrons. The summed E-state index contributed by atoms with van der Waals surface area (Å²) in [7, 11) is 1.49. The first kappa shape index (κ1) is 34.0. The molecule has 1 aliphatic heterocycles. The predicted octanol–water partition coefficient (Wildman–Crippen LogP) is 2.29. The molecule has 1 aromatic heterocycles. The quantitative estimate of drug-likeness (QED) is 0.253. The third-order valence-electron chi connectivity index (χ3n) is 8.17. The van der Waals surface area contributed by atoms with Crippen molar-refractivity contribution in [3.8, 4) is 0 Å². The number of benzene rings is 1. The summed E-state index contributed by atoms with van der Waals surface area (Å²) in [4.78, 5) is 56.8. The lowest BCUT2D eigenvalue weighted by Crippen LogP contribution is -2.60. The minimum absolute atomic E-state index is 0.0198. The van der Waals surface area contributed by atoms with Gasteiger partial charge in [-0.05, 0) is 63.6 Å². The zero-order chi connectivity index (χ0) is 32.6.